The summed E-state index contributed by atoms with van der Waals surface area (Å²) < 4.78 is 33.4. The van der Waals surface area contributed by atoms with Crippen molar-refractivity contribution in [2.75, 3.05) is 25.0 Å². The number of carbonyl (C=O) groups excluding carboxylic acids is 2. The van der Waals surface area contributed by atoms with Gasteiger partial charge in [0.1, 0.15) is 18.3 Å². The molecule has 0 bridgehead atoms. The molecule has 0 heterocycles. The lowest BCUT2D eigenvalue weighted by Gasteiger charge is -2.31. The number of rotatable bonds is 10. The number of methoxy groups -OCH3 is 1. The van der Waals surface area contributed by atoms with Crippen LogP contribution in [0.4, 0.5) is 5.69 Å². The molecule has 0 aliphatic heterocycles. The summed E-state index contributed by atoms with van der Waals surface area (Å²) in [5.41, 5.74) is 1.09. The summed E-state index contributed by atoms with van der Waals surface area (Å²) in [6, 6.07) is 22.7. The van der Waals surface area contributed by atoms with E-state index in [1.807, 2.05) is 6.07 Å². The summed E-state index contributed by atoms with van der Waals surface area (Å²) >= 11 is 0. The number of anilines is 1. The molecule has 0 saturated heterocycles. The van der Waals surface area contributed by atoms with E-state index in [0.717, 1.165) is 9.87 Å². The number of para-hydroxylation sites is 1. The van der Waals surface area contributed by atoms with Crippen molar-refractivity contribution in [2.24, 2.45) is 0 Å². The minimum Gasteiger partial charge on any atom is -0.497 e. The van der Waals surface area contributed by atoms with Gasteiger partial charge in [0.25, 0.3) is 10.0 Å². The van der Waals surface area contributed by atoms with Crippen molar-refractivity contribution in [3.8, 4) is 5.75 Å². The predicted molar refractivity (Wildman–Crippen MR) is 134 cm³/mol. The molecule has 0 aliphatic carbocycles. The van der Waals surface area contributed by atoms with Crippen LogP contribution in [0.3, 0.4) is 0 Å². The van der Waals surface area contributed by atoms with E-state index in [1.165, 1.54) is 24.1 Å². The molecule has 0 aromatic heterocycles. The van der Waals surface area contributed by atoms with E-state index < -0.39 is 28.5 Å². The molecule has 0 radical (unpaired) electrons. The van der Waals surface area contributed by atoms with Crippen molar-refractivity contribution in [3.63, 3.8) is 0 Å². The number of sulfonamides is 1. The smallest absolute Gasteiger partial charge is 0.264 e. The van der Waals surface area contributed by atoms with Crippen LogP contribution in [0.25, 0.3) is 0 Å². The molecule has 1 atom stereocenters. The average Bonchev–Trinajstić information content (AvgIpc) is 2.90. The van der Waals surface area contributed by atoms with Crippen molar-refractivity contribution in [1.29, 1.82) is 0 Å². The van der Waals surface area contributed by atoms with Crippen LogP contribution in [-0.2, 0) is 26.2 Å². The fourth-order valence-electron chi connectivity index (χ4n) is 3.60. The molecule has 1 N–H and O–H groups in total. The van der Waals surface area contributed by atoms with Crippen molar-refractivity contribution in [3.05, 3.63) is 90.5 Å². The molecule has 2 amide bonds. The van der Waals surface area contributed by atoms with Gasteiger partial charge in [0.05, 0.1) is 17.7 Å². The number of nitrogens with one attached hydrogen (secondary N) is 1. The monoisotopic (exact) mass is 495 g/mol. The molecule has 0 aliphatic rings. The van der Waals surface area contributed by atoms with Crippen molar-refractivity contribution < 1.29 is 22.7 Å². The molecule has 0 spiro atoms. The first-order valence-corrected chi connectivity index (χ1v) is 12.5. The largest absolute Gasteiger partial charge is 0.497 e. The lowest BCUT2D eigenvalue weighted by molar-refractivity contribution is -0.139. The normalized spacial score (nSPS) is 11.9. The number of hydrogen-bond acceptors (Lipinski definition) is 5. The zero-order valence-electron chi connectivity index (χ0n) is 19.9. The molecule has 8 nitrogen and oxygen atoms in total. The Kier molecular flexibility index (Phi) is 8.48. The Balaban J connectivity index is 1.99. The molecule has 35 heavy (non-hydrogen) atoms. The summed E-state index contributed by atoms with van der Waals surface area (Å²) in [4.78, 5) is 27.5. The maximum atomic E-state index is 13.6. The van der Waals surface area contributed by atoms with Gasteiger partial charge in [-0.05, 0) is 48.9 Å². The second-order valence-electron chi connectivity index (χ2n) is 7.82. The van der Waals surface area contributed by atoms with E-state index in [2.05, 4.69) is 5.32 Å². The van der Waals surface area contributed by atoms with Crippen molar-refractivity contribution >= 4 is 27.5 Å². The van der Waals surface area contributed by atoms with Gasteiger partial charge in [-0.1, -0.05) is 48.5 Å². The number of benzene rings is 3. The minimum absolute atomic E-state index is 0.0651. The second-order valence-corrected chi connectivity index (χ2v) is 9.69. The van der Waals surface area contributed by atoms with E-state index in [-0.39, 0.29) is 17.3 Å². The van der Waals surface area contributed by atoms with Gasteiger partial charge in [0.15, 0.2) is 0 Å². The van der Waals surface area contributed by atoms with Crippen LogP contribution in [0.5, 0.6) is 5.75 Å². The van der Waals surface area contributed by atoms with E-state index in [1.54, 1.807) is 80.8 Å². The fourth-order valence-corrected chi connectivity index (χ4v) is 5.04. The molecule has 3 aromatic carbocycles. The van der Waals surface area contributed by atoms with Crippen LogP contribution in [-0.4, -0.2) is 51.9 Å². The Hall–Kier alpha value is -3.85. The third-order valence-electron chi connectivity index (χ3n) is 5.56. The summed E-state index contributed by atoms with van der Waals surface area (Å²) in [7, 11) is -1.02. The van der Waals surface area contributed by atoms with E-state index in [4.69, 9.17) is 4.74 Å². The lowest BCUT2D eigenvalue weighted by Crippen LogP contribution is -2.50. The highest BCUT2D eigenvalue weighted by molar-refractivity contribution is 7.92. The van der Waals surface area contributed by atoms with Crippen LogP contribution < -0.4 is 14.4 Å². The van der Waals surface area contributed by atoms with Gasteiger partial charge in [-0.2, -0.15) is 0 Å². The fraction of sp³-hybridized carbons (Fsp3) is 0.231. The van der Waals surface area contributed by atoms with E-state index in [9.17, 15) is 18.0 Å². The molecule has 0 fully saturated rings. The molecule has 3 aromatic rings. The second kappa shape index (κ2) is 11.5. The lowest BCUT2D eigenvalue weighted by atomic mass is 10.1. The molecule has 9 heteroatoms. The summed E-state index contributed by atoms with van der Waals surface area (Å²) in [6.45, 7) is 1.22. The third kappa shape index (κ3) is 6.19. The number of ether oxygens (including phenoxy) is 1. The SMILES string of the molecule is CNC(=O)[C@@H](C)N(Cc1cccc(OC)c1)C(=O)CN(c1ccccc1)S(=O)(=O)c1ccccc1. The van der Waals surface area contributed by atoms with Crippen molar-refractivity contribution in [2.45, 2.75) is 24.4 Å². The van der Waals surface area contributed by atoms with Crippen LogP contribution >= 0.6 is 0 Å². The Labute approximate surface area is 206 Å². The highest BCUT2D eigenvalue weighted by Crippen LogP contribution is 2.24. The number of nitrogens with zero attached hydrogens (tertiary/aromatic N) is 2. The summed E-state index contributed by atoms with van der Waals surface area (Å²) in [5.74, 6) is -0.272. The van der Waals surface area contributed by atoms with Crippen LogP contribution in [0.15, 0.2) is 89.8 Å². The maximum absolute atomic E-state index is 13.6. The molecule has 0 unspecified atom stereocenters. The van der Waals surface area contributed by atoms with Gasteiger partial charge >= 0.3 is 0 Å². The standard InChI is InChI=1S/C26H29N3O5S/c1-20(26(31)27-2)28(18-21-11-10-14-23(17-21)34-3)25(30)19-29(22-12-6-4-7-13-22)35(32,33)24-15-8-5-9-16-24/h4-17,20H,18-19H2,1-3H3,(H,27,31)/t20-/m1/s1. The van der Waals surface area contributed by atoms with Gasteiger partial charge in [-0.15, -0.1) is 0 Å². The van der Waals surface area contributed by atoms with Crippen LogP contribution in [0.1, 0.15) is 12.5 Å². The highest BCUT2D eigenvalue weighted by Gasteiger charge is 2.32. The van der Waals surface area contributed by atoms with Gasteiger partial charge in [-0.3, -0.25) is 13.9 Å². The first kappa shape index (κ1) is 25.8. The third-order valence-corrected chi connectivity index (χ3v) is 7.34. The predicted octanol–water partition coefficient (Wildman–Crippen LogP) is 3.05. The molecular weight excluding hydrogens is 466 g/mol. The van der Waals surface area contributed by atoms with E-state index >= 15 is 0 Å². The first-order chi connectivity index (χ1) is 16.8. The Morgan fingerprint density at radius 1 is 0.943 bits per heavy atom. The van der Waals surface area contributed by atoms with Gasteiger partial charge in [0.2, 0.25) is 11.8 Å². The number of likely N-dealkylation sites (N-methyl/N-ethyl adjacent to an activating group) is 1. The number of hydrogen-bond donors (Lipinski definition) is 1. The van der Waals surface area contributed by atoms with Gasteiger partial charge in [-0.25, -0.2) is 8.42 Å². The van der Waals surface area contributed by atoms with Crippen LogP contribution in [0.2, 0.25) is 0 Å². The zero-order valence-corrected chi connectivity index (χ0v) is 20.7. The Morgan fingerprint density at radius 2 is 1.57 bits per heavy atom. The van der Waals surface area contributed by atoms with Gasteiger partial charge in [0, 0.05) is 13.6 Å². The van der Waals surface area contributed by atoms with Gasteiger partial charge < -0.3 is 15.0 Å². The average molecular weight is 496 g/mol. The maximum Gasteiger partial charge on any atom is 0.264 e. The topological polar surface area (TPSA) is 96.0 Å². The zero-order chi connectivity index (χ0) is 25.4. The number of carbonyl (C=O) groups is 2. The van der Waals surface area contributed by atoms with Crippen molar-refractivity contribution in [1.82, 2.24) is 10.2 Å². The Morgan fingerprint density at radius 3 is 2.17 bits per heavy atom. The molecule has 0 saturated carbocycles. The first-order valence-electron chi connectivity index (χ1n) is 11.0. The molecular formula is C26H29N3O5S. The highest BCUT2D eigenvalue weighted by atomic mass is 32.2. The Bertz CT molecular complexity index is 1250. The van der Waals surface area contributed by atoms with Crippen LogP contribution in [0, 0.1) is 0 Å². The minimum atomic E-state index is -4.05. The summed E-state index contributed by atoms with van der Waals surface area (Å²) in [6.07, 6.45) is 0. The molecule has 3 rings (SSSR count). The molecule has 184 valence electrons. The summed E-state index contributed by atoms with van der Waals surface area (Å²) in [5, 5.41) is 2.56. The quantitative estimate of drug-likeness (QED) is 0.466. The van der Waals surface area contributed by atoms with E-state index in [0.29, 0.717) is 11.4 Å². The number of amides is 2.